The third-order valence-corrected chi connectivity index (χ3v) is 2.12. The number of anilines is 1. The fourth-order valence-corrected chi connectivity index (χ4v) is 1.20. The van der Waals surface area contributed by atoms with E-state index >= 15 is 0 Å². The molecule has 1 rings (SSSR count). The van der Waals surface area contributed by atoms with Gasteiger partial charge in [-0.25, -0.2) is 0 Å². The van der Waals surface area contributed by atoms with Gasteiger partial charge in [-0.05, 0) is 18.7 Å². The van der Waals surface area contributed by atoms with Gasteiger partial charge in [0.15, 0.2) is 0 Å². The summed E-state index contributed by atoms with van der Waals surface area (Å²) < 4.78 is 0. The second-order valence-corrected chi connectivity index (χ2v) is 3.25. The molecule has 1 aromatic rings. The standard InChI is InChI=1S/C11H16N2O2/c1-3-12-8-11(15)13(2)9-5-4-6-10(14)7-9/h4-7,12,14H,3,8H2,1-2H3. The van der Waals surface area contributed by atoms with Crippen LogP contribution in [0, 0.1) is 0 Å². The molecule has 0 fully saturated rings. The van der Waals surface area contributed by atoms with Crippen molar-refractivity contribution in [3.8, 4) is 5.75 Å². The number of hydrogen-bond acceptors (Lipinski definition) is 3. The van der Waals surface area contributed by atoms with E-state index in [1.54, 1.807) is 31.3 Å². The first-order valence-corrected chi connectivity index (χ1v) is 4.91. The van der Waals surface area contributed by atoms with Gasteiger partial charge in [0.1, 0.15) is 5.75 Å². The summed E-state index contributed by atoms with van der Waals surface area (Å²) in [5.41, 5.74) is 0.693. The lowest BCUT2D eigenvalue weighted by Crippen LogP contribution is -2.35. The summed E-state index contributed by atoms with van der Waals surface area (Å²) >= 11 is 0. The first-order chi connectivity index (χ1) is 7.15. The topological polar surface area (TPSA) is 52.6 Å². The third-order valence-electron chi connectivity index (χ3n) is 2.12. The molecule has 0 heterocycles. The Labute approximate surface area is 89.5 Å². The summed E-state index contributed by atoms with van der Waals surface area (Å²) in [7, 11) is 1.69. The highest BCUT2D eigenvalue weighted by atomic mass is 16.3. The lowest BCUT2D eigenvalue weighted by molar-refractivity contribution is -0.117. The zero-order valence-corrected chi connectivity index (χ0v) is 9.03. The molecule has 0 saturated heterocycles. The maximum atomic E-state index is 11.6. The third kappa shape index (κ3) is 3.25. The zero-order valence-electron chi connectivity index (χ0n) is 9.03. The van der Waals surface area contributed by atoms with Crippen LogP contribution in [-0.4, -0.2) is 31.2 Å². The number of carbonyl (C=O) groups is 1. The lowest BCUT2D eigenvalue weighted by atomic mass is 10.3. The highest BCUT2D eigenvalue weighted by Crippen LogP contribution is 2.18. The van der Waals surface area contributed by atoms with Crippen LogP contribution in [0.2, 0.25) is 0 Å². The molecule has 0 saturated carbocycles. The summed E-state index contributed by atoms with van der Waals surface area (Å²) in [5.74, 6) is 0.137. The van der Waals surface area contributed by atoms with Crippen molar-refractivity contribution in [2.75, 3.05) is 25.0 Å². The van der Waals surface area contributed by atoms with Crippen LogP contribution >= 0.6 is 0 Å². The number of amides is 1. The molecule has 0 bridgehead atoms. The van der Waals surface area contributed by atoms with Gasteiger partial charge in [-0.3, -0.25) is 4.79 Å². The Balaban J connectivity index is 2.67. The van der Waals surface area contributed by atoms with Gasteiger partial charge in [0.2, 0.25) is 5.91 Å². The van der Waals surface area contributed by atoms with Crippen molar-refractivity contribution in [2.45, 2.75) is 6.92 Å². The number of carbonyl (C=O) groups excluding carboxylic acids is 1. The molecule has 0 spiro atoms. The summed E-state index contributed by atoms with van der Waals surface area (Å²) in [6.45, 7) is 3.02. The molecule has 0 unspecified atom stereocenters. The Morgan fingerprint density at radius 2 is 2.27 bits per heavy atom. The number of nitrogens with zero attached hydrogens (tertiary/aromatic N) is 1. The van der Waals surface area contributed by atoms with Gasteiger partial charge in [0.05, 0.1) is 6.54 Å². The highest BCUT2D eigenvalue weighted by molar-refractivity contribution is 5.94. The minimum Gasteiger partial charge on any atom is -0.508 e. The summed E-state index contributed by atoms with van der Waals surface area (Å²) in [4.78, 5) is 13.1. The van der Waals surface area contributed by atoms with E-state index in [1.807, 2.05) is 6.92 Å². The van der Waals surface area contributed by atoms with Crippen molar-refractivity contribution in [1.82, 2.24) is 5.32 Å². The number of phenolic OH excluding ortho intramolecular Hbond substituents is 1. The van der Waals surface area contributed by atoms with Crippen molar-refractivity contribution in [2.24, 2.45) is 0 Å². The number of nitrogens with one attached hydrogen (secondary N) is 1. The van der Waals surface area contributed by atoms with Crippen molar-refractivity contribution in [1.29, 1.82) is 0 Å². The first-order valence-electron chi connectivity index (χ1n) is 4.91. The zero-order chi connectivity index (χ0) is 11.3. The quantitative estimate of drug-likeness (QED) is 0.775. The van der Waals surface area contributed by atoms with Gasteiger partial charge in [0.25, 0.3) is 0 Å². The van der Waals surface area contributed by atoms with Gasteiger partial charge in [0, 0.05) is 18.8 Å². The Hall–Kier alpha value is -1.55. The normalized spacial score (nSPS) is 10.0. The van der Waals surface area contributed by atoms with Crippen molar-refractivity contribution in [3.05, 3.63) is 24.3 Å². The molecule has 4 heteroatoms. The predicted molar refractivity (Wildman–Crippen MR) is 60.1 cm³/mol. The highest BCUT2D eigenvalue weighted by Gasteiger charge is 2.09. The van der Waals surface area contributed by atoms with Crippen molar-refractivity contribution >= 4 is 11.6 Å². The SMILES string of the molecule is CCNCC(=O)N(C)c1cccc(O)c1. The van der Waals surface area contributed by atoms with Gasteiger partial charge < -0.3 is 15.3 Å². The molecule has 0 atom stereocenters. The molecule has 1 amide bonds. The fourth-order valence-electron chi connectivity index (χ4n) is 1.20. The minimum absolute atomic E-state index is 0.0255. The number of aromatic hydroxyl groups is 1. The molecule has 0 aliphatic heterocycles. The maximum Gasteiger partial charge on any atom is 0.240 e. The second-order valence-electron chi connectivity index (χ2n) is 3.25. The van der Waals surface area contributed by atoms with Crippen LogP contribution in [0.5, 0.6) is 5.75 Å². The second kappa shape index (κ2) is 5.36. The van der Waals surface area contributed by atoms with Crippen LogP contribution in [0.3, 0.4) is 0 Å². The summed E-state index contributed by atoms with van der Waals surface area (Å²) in [6.07, 6.45) is 0. The molecule has 4 nitrogen and oxygen atoms in total. The molecule has 0 aliphatic carbocycles. The van der Waals surface area contributed by atoms with Gasteiger partial charge in [-0.1, -0.05) is 13.0 Å². The monoisotopic (exact) mass is 208 g/mol. The number of likely N-dealkylation sites (N-methyl/N-ethyl adjacent to an activating group) is 2. The molecule has 0 aromatic heterocycles. The van der Waals surface area contributed by atoms with E-state index in [-0.39, 0.29) is 11.7 Å². The largest absolute Gasteiger partial charge is 0.508 e. The van der Waals surface area contributed by atoms with E-state index in [2.05, 4.69) is 5.32 Å². The Bertz CT molecular complexity index is 339. The molecule has 15 heavy (non-hydrogen) atoms. The Morgan fingerprint density at radius 1 is 1.53 bits per heavy atom. The predicted octanol–water partition coefficient (Wildman–Crippen LogP) is 0.964. The maximum absolute atomic E-state index is 11.6. The summed E-state index contributed by atoms with van der Waals surface area (Å²) in [6, 6.07) is 6.63. The average Bonchev–Trinajstić information content (AvgIpc) is 2.24. The lowest BCUT2D eigenvalue weighted by Gasteiger charge is -2.17. The molecule has 0 aliphatic rings. The first kappa shape index (κ1) is 11.5. The number of hydrogen-bond donors (Lipinski definition) is 2. The minimum atomic E-state index is -0.0255. The van der Waals surface area contributed by atoms with E-state index in [0.29, 0.717) is 12.2 Å². The van der Waals surface area contributed by atoms with Gasteiger partial charge in [-0.15, -0.1) is 0 Å². The number of benzene rings is 1. The van der Waals surface area contributed by atoms with Crippen LogP contribution in [0.1, 0.15) is 6.92 Å². The van der Waals surface area contributed by atoms with Crippen LogP contribution < -0.4 is 10.2 Å². The van der Waals surface area contributed by atoms with Crippen LogP contribution in [0.15, 0.2) is 24.3 Å². The van der Waals surface area contributed by atoms with E-state index < -0.39 is 0 Å². The molecule has 2 N–H and O–H groups in total. The molecule has 0 radical (unpaired) electrons. The fraction of sp³-hybridized carbons (Fsp3) is 0.364. The van der Waals surface area contributed by atoms with Crippen molar-refractivity contribution < 1.29 is 9.90 Å². The van der Waals surface area contributed by atoms with E-state index in [1.165, 1.54) is 4.90 Å². The Morgan fingerprint density at radius 3 is 2.87 bits per heavy atom. The Kier molecular flexibility index (Phi) is 4.12. The number of phenols is 1. The number of rotatable bonds is 4. The van der Waals surface area contributed by atoms with Crippen LogP contribution in [0.4, 0.5) is 5.69 Å². The summed E-state index contributed by atoms with van der Waals surface area (Å²) in [5, 5.41) is 12.2. The van der Waals surface area contributed by atoms with Gasteiger partial charge in [-0.2, -0.15) is 0 Å². The average molecular weight is 208 g/mol. The molecule has 1 aromatic carbocycles. The van der Waals surface area contributed by atoms with E-state index in [0.717, 1.165) is 6.54 Å². The van der Waals surface area contributed by atoms with E-state index in [4.69, 9.17) is 0 Å². The van der Waals surface area contributed by atoms with Crippen LogP contribution in [-0.2, 0) is 4.79 Å². The molecular weight excluding hydrogens is 192 g/mol. The molecule has 82 valence electrons. The van der Waals surface area contributed by atoms with Crippen LogP contribution in [0.25, 0.3) is 0 Å². The molecular formula is C11H16N2O2. The van der Waals surface area contributed by atoms with E-state index in [9.17, 15) is 9.90 Å². The van der Waals surface area contributed by atoms with Gasteiger partial charge >= 0.3 is 0 Å². The smallest absolute Gasteiger partial charge is 0.240 e. The van der Waals surface area contributed by atoms with Crippen molar-refractivity contribution in [3.63, 3.8) is 0 Å².